The van der Waals surface area contributed by atoms with Crippen LogP contribution in [0.5, 0.6) is 5.75 Å². The Labute approximate surface area is 93.8 Å². The summed E-state index contributed by atoms with van der Waals surface area (Å²) in [5.41, 5.74) is 0.266. The molecule has 0 saturated carbocycles. The molecule has 0 radical (unpaired) electrons. The van der Waals surface area contributed by atoms with Crippen LogP contribution in [0.3, 0.4) is 0 Å². The number of ether oxygens (including phenoxy) is 1. The standard InChI is InChI=1S/C9H5ClF2N2O2/c10-8-13-7(16-14-8)5-3-1-2-4-6(5)15-9(11)12/h1-4,9H. The summed E-state index contributed by atoms with van der Waals surface area (Å²) < 4.78 is 33.3. The number of nitrogens with zero attached hydrogens (tertiary/aromatic N) is 2. The molecule has 1 aromatic carbocycles. The zero-order valence-corrected chi connectivity index (χ0v) is 8.49. The van der Waals surface area contributed by atoms with Gasteiger partial charge < -0.3 is 9.26 Å². The van der Waals surface area contributed by atoms with Gasteiger partial charge >= 0.3 is 6.61 Å². The van der Waals surface area contributed by atoms with Crippen LogP contribution >= 0.6 is 11.6 Å². The van der Waals surface area contributed by atoms with Crippen molar-refractivity contribution in [3.8, 4) is 17.2 Å². The Morgan fingerprint density at radius 2 is 2.06 bits per heavy atom. The molecule has 0 aliphatic rings. The Kier molecular flexibility index (Phi) is 3.00. The number of halogens is 3. The van der Waals surface area contributed by atoms with Gasteiger partial charge in [-0.1, -0.05) is 12.1 Å². The third kappa shape index (κ3) is 2.27. The maximum absolute atomic E-state index is 12.1. The van der Waals surface area contributed by atoms with Crippen LogP contribution in [0.15, 0.2) is 28.8 Å². The third-order valence-corrected chi connectivity index (χ3v) is 1.89. The summed E-state index contributed by atoms with van der Waals surface area (Å²) in [5, 5.41) is 3.25. The second-order valence-corrected chi connectivity index (χ2v) is 3.08. The van der Waals surface area contributed by atoms with E-state index in [-0.39, 0.29) is 22.5 Å². The first-order chi connectivity index (χ1) is 7.66. The molecule has 0 N–H and O–H groups in total. The van der Waals surface area contributed by atoms with E-state index >= 15 is 0 Å². The van der Waals surface area contributed by atoms with Crippen molar-refractivity contribution in [3.63, 3.8) is 0 Å². The average Bonchev–Trinajstić information content (AvgIpc) is 2.65. The summed E-state index contributed by atoms with van der Waals surface area (Å²) in [6, 6.07) is 6.08. The highest BCUT2D eigenvalue weighted by molar-refractivity contribution is 6.28. The molecule has 0 aliphatic carbocycles. The number of benzene rings is 1. The van der Waals surface area contributed by atoms with E-state index in [2.05, 4.69) is 14.9 Å². The first-order valence-electron chi connectivity index (χ1n) is 4.20. The van der Waals surface area contributed by atoms with Crippen LogP contribution in [0, 0.1) is 0 Å². The fourth-order valence-corrected chi connectivity index (χ4v) is 1.27. The second-order valence-electron chi connectivity index (χ2n) is 2.74. The average molecular weight is 247 g/mol. The van der Waals surface area contributed by atoms with E-state index in [1.807, 2.05) is 0 Å². The Bertz CT molecular complexity index is 490. The lowest BCUT2D eigenvalue weighted by Crippen LogP contribution is -2.02. The molecule has 0 aliphatic heterocycles. The molecule has 0 spiro atoms. The monoisotopic (exact) mass is 246 g/mol. The molecule has 1 aromatic heterocycles. The third-order valence-electron chi connectivity index (χ3n) is 1.73. The van der Waals surface area contributed by atoms with E-state index in [1.54, 1.807) is 12.1 Å². The van der Waals surface area contributed by atoms with Gasteiger partial charge in [0.05, 0.1) is 5.56 Å². The predicted molar refractivity (Wildman–Crippen MR) is 51.4 cm³/mol. The van der Waals surface area contributed by atoms with Gasteiger partial charge in [-0.25, -0.2) is 0 Å². The molecule has 84 valence electrons. The van der Waals surface area contributed by atoms with Crippen molar-refractivity contribution in [2.45, 2.75) is 6.61 Å². The van der Waals surface area contributed by atoms with E-state index in [9.17, 15) is 8.78 Å². The Hall–Kier alpha value is -1.69. The lowest BCUT2D eigenvalue weighted by atomic mass is 10.2. The van der Waals surface area contributed by atoms with E-state index < -0.39 is 6.61 Å². The van der Waals surface area contributed by atoms with Crippen molar-refractivity contribution in [1.29, 1.82) is 0 Å². The van der Waals surface area contributed by atoms with E-state index in [0.29, 0.717) is 0 Å². The number of rotatable bonds is 3. The number of aromatic nitrogens is 2. The van der Waals surface area contributed by atoms with Gasteiger partial charge in [0, 0.05) is 0 Å². The van der Waals surface area contributed by atoms with Gasteiger partial charge in [-0.15, -0.1) is 0 Å². The molecule has 16 heavy (non-hydrogen) atoms. The van der Waals surface area contributed by atoms with Crippen LogP contribution < -0.4 is 4.74 Å². The number of para-hydroxylation sites is 1. The minimum absolute atomic E-state index is 0.0289. The van der Waals surface area contributed by atoms with E-state index in [0.717, 1.165) is 0 Å². The SMILES string of the molecule is FC(F)Oc1ccccc1-c1nc(Cl)no1. The predicted octanol–water partition coefficient (Wildman–Crippen LogP) is 2.99. The highest BCUT2D eigenvalue weighted by Crippen LogP contribution is 2.29. The highest BCUT2D eigenvalue weighted by atomic mass is 35.5. The number of hydrogen-bond donors (Lipinski definition) is 0. The van der Waals surface area contributed by atoms with Crippen LogP contribution in [0.1, 0.15) is 0 Å². The maximum Gasteiger partial charge on any atom is 0.387 e. The molecule has 2 rings (SSSR count). The summed E-state index contributed by atoms with van der Waals surface area (Å²) in [5.74, 6) is -0.0148. The van der Waals surface area contributed by atoms with Crippen molar-refractivity contribution in [2.24, 2.45) is 0 Å². The molecule has 0 unspecified atom stereocenters. The molecule has 7 heteroatoms. The molecule has 0 fully saturated rings. The largest absolute Gasteiger partial charge is 0.434 e. The lowest BCUT2D eigenvalue weighted by Gasteiger charge is -2.06. The highest BCUT2D eigenvalue weighted by Gasteiger charge is 2.15. The van der Waals surface area contributed by atoms with Gasteiger partial charge in [0.25, 0.3) is 11.2 Å². The quantitative estimate of drug-likeness (QED) is 0.835. The number of hydrogen-bond acceptors (Lipinski definition) is 4. The Morgan fingerprint density at radius 3 is 2.69 bits per heavy atom. The maximum atomic E-state index is 12.1. The molecular weight excluding hydrogens is 242 g/mol. The van der Waals surface area contributed by atoms with Gasteiger partial charge in [0.2, 0.25) is 0 Å². The first-order valence-corrected chi connectivity index (χ1v) is 4.58. The van der Waals surface area contributed by atoms with Crippen molar-refractivity contribution in [2.75, 3.05) is 0 Å². The van der Waals surface area contributed by atoms with Gasteiger partial charge in [-0.3, -0.25) is 0 Å². The molecule has 4 nitrogen and oxygen atoms in total. The molecule has 0 bridgehead atoms. The molecule has 0 saturated heterocycles. The zero-order valence-electron chi connectivity index (χ0n) is 7.73. The molecule has 2 aromatic rings. The molecule has 0 amide bonds. The van der Waals surface area contributed by atoms with Crippen LogP contribution in [0.25, 0.3) is 11.5 Å². The van der Waals surface area contributed by atoms with Gasteiger partial charge in [0.15, 0.2) is 0 Å². The summed E-state index contributed by atoms with van der Waals surface area (Å²) >= 11 is 5.46. The number of alkyl halides is 2. The fraction of sp³-hybridized carbons (Fsp3) is 0.111. The van der Waals surface area contributed by atoms with Gasteiger partial charge in [-0.05, 0) is 28.9 Å². The van der Waals surface area contributed by atoms with Gasteiger partial charge in [-0.2, -0.15) is 13.8 Å². The minimum atomic E-state index is -2.92. The van der Waals surface area contributed by atoms with Crippen molar-refractivity contribution >= 4 is 11.6 Å². The molecule has 0 atom stereocenters. The second kappa shape index (κ2) is 4.44. The van der Waals surface area contributed by atoms with Crippen LogP contribution in [0.4, 0.5) is 8.78 Å². The first kappa shape index (κ1) is 10.8. The van der Waals surface area contributed by atoms with Gasteiger partial charge in [0.1, 0.15) is 5.75 Å². The van der Waals surface area contributed by atoms with Crippen molar-refractivity contribution in [1.82, 2.24) is 10.1 Å². The summed E-state index contributed by atoms with van der Waals surface area (Å²) in [7, 11) is 0. The van der Waals surface area contributed by atoms with Crippen LogP contribution in [0.2, 0.25) is 5.28 Å². The lowest BCUT2D eigenvalue weighted by molar-refractivity contribution is -0.0495. The van der Waals surface area contributed by atoms with E-state index in [1.165, 1.54) is 12.1 Å². The molecular formula is C9H5ClF2N2O2. The molecule has 1 heterocycles. The van der Waals surface area contributed by atoms with E-state index in [4.69, 9.17) is 16.1 Å². The van der Waals surface area contributed by atoms with Crippen molar-refractivity contribution in [3.05, 3.63) is 29.5 Å². The fourth-order valence-electron chi connectivity index (χ4n) is 1.16. The topological polar surface area (TPSA) is 48.2 Å². The smallest absolute Gasteiger partial charge is 0.387 e. The summed E-state index contributed by atoms with van der Waals surface area (Å²) in [6.45, 7) is -2.92. The summed E-state index contributed by atoms with van der Waals surface area (Å²) in [6.07, 6.45) is 0. The van der Waals surface area contributed by atoms with Crippen LogP contribution in [-0.2, 0) is 0 Å². The zero-order chi connectivity index (χ0) is 11.5. The Balaban J connectivity index is 2.40. The van der Waals surface area contributed by atoms with Crippen molar-refractivity contribution < 1.29 is 18.0 Å². The van der Waals surface area contributed by atoms with Crippen LogP contribution in [-0.4, -0.2) is 16.8 Å². The minimum Gasteiger partial charge on any atom is -0.434 e. The normalized spacial score (nSPS) is 10.8. The Morgan fingerprint density at radius 1 is 1.31 bits per heavy atom. The summed E-state index contributed by atoms with van der Waals surface area (Å²) in [4.78, 5) is 3.71.